The molecule has 0 radical (unpaired) electrons. The van der Waals surface area contributed by atoms with Crippen LogP contribution in [-0.2, 0) is 4.74 Å². The average molecular weight is 224 g/mol. The maximum atomic E-state index is 8.91. The predicted octanol–water partition coefficient (Wildman–Crippen LogP) is 1.16. The molecule has 0 atom stereocenters. The Morgan fingerprint density at radius 3 is 3.12 bits per heavy atom. The maximum Gasteiger partial charge on any atom is 0.211 e. The first-order valence-corrected chi connectivity index (χ1v) is 5.13. The van der Waals surface area contributed by atoms with Crippen LogP contribution in [0.15, 0.2) is 39.9 Å². The molecule has 1 aliphatic heterocycles. The lowest BCUT2D eigenvalue weighted by molar-refractivity contribution is 0.296. The highest BCUT2D eigenvalue weighted by atomic mass is 16.5. The minimum Gasteiger partial charge on any atom is -0.478 e. The third-order valence-electron chi connectivity index (χ3n) is 2.63. The highest BCUT2D eigenvalue weighted by Crippen LogP contribution is 2.22. The van der Waals surface area contributed by atoms with Crippen molar-refractivity contribution in [2.75, 3.05) is 6.73 Å². The van der Waals surface area contributed by atoms with Crippen molar-refractivity contribution in [2.45, 2.75) is 0 Å². The van der Waals surface area contributed by atoms with Gasteiger partial charge in [-0.1, -0.05) is 6.07 Å². The summed E-state index contributed by atoms with van der Waals surface area (Å²) in [6, 6.07) is 9.57. The Morgan fingerprint density at radius 1 is 1.29 bits per heavy atom. The molecule has 82 valence electrons. The molecule has 1 aromatic heterocycles. The second kappa shape index (κ2) is 3.80. The summed E-state index contributed by atoms with van der Waals surface area (Å²) in [5, 5.41) is 10.7. The molecule has 0 aliphatic carbocycles. The van der Waals surface area contributed by atoms with E-state index in [1.54, 1.807) is 12.3 Å². The highest BCUT2D eigenvalue weighted by Gasteiger charge is 2.08. The second-order valence-corrected chi connectivity index (χ2v) is 3.62. The third-order valence-corrected chi connectivity index (χ3v) is 2.63. The number of fused-ring (bicyclic) bond motifs is 1. The van der Waals surface area contributed by atoms with Gasteiger partial charge in [0.05, 0.1) is 17.9 Å². The lowest BCUT2D eigenvalue weighted by atomic mass is 10.1. The summed E-state index contributed by atoms with van der Waals surface area (Å²) >= 11 is 0. The molecule has 1 aliphatic rings. The zero-order valence-corrected chi connectivity index (χ0v) is 8.88. The molecule has 0 bridgehead atoms. The number of rotatable bonds is 1. The minimum atomic E-state index is 0.318. The summed E-state index contributed by atoms with van der Waals surface area (Å²) < 4.78 is 10.2. The van der Waals surface area contributed by atoms with E-state index in [1.807, 2.05) is 24.3 Å². The van der Waals surface area contributed by atoms with E-state index in [4.69, 9.17) is 14.4 Å². The van der Waals surface area contributed by atoms with Gasteiger partial charge >= 0.3 is 0 Å². The number of ether oxygens (including phenoxy) is 1. The molecule has 0 spiro atoms. The quantitative estimate of drug-likeness (QED) is 0.730. The Labute approximate surface area is 97.1 Å². The van der Waals surface area contributed by atoms with Gasteiger partial charge in [0.1, 0.15) is 6.07 Å². The monoisotopic (exact) mass is 224 g/mol. The minimum absolute atomic E-state index is 0.318. The topological polar surface area (TPSA) is 58.5 Å². The van der Waals surface area contributed by atoms with Crippen LogP contribution in [0, 0.1) is 11.3 Å². The number of benzene rings is 1. The average Bonchev–Trinajstić information content (AvgIpc) is 2.86. The molecular weight excluding hydrogens is 216 g/mol. The third kappa shape index (κ3) is 1.58. The Balaban J connectivity index is 2.22. The van der Waals surface area contributed by atoms with Gasteiger partial charge in [-0.15, -0.1) is 0 Å². The fourth-order valence-electron chi connectivity index (χ4n) is 1.82. The molecule has 2 aromatic rings. The summed E-state index contributed by atoms with van der Waals surface area (Å²) in [7, 11) is 0. The van der Waals surface area contributed by atoms with Gasteiger partial charge in [-0.2, -0.15) is 5.26 Å². The summed E-state index contributed by atoms with van der Waals surface area (Å²) in [6.07, 6.45) is 3.19. The first-order chi connectivity index (χ1) is 8.38. The van der Waals surface area contributed by atoms with Gasteiger partial charge in [-0.05, 0) is 23.8 Å². The molecule has 17 heavy (non-hydrogen) atoms. The van der Waals surface area contributed by atoms with Crippen LogP contribution in [-0.4, -0.2) is 6.73 Å². The van der Waals surface area contributed by atoms with E-state index >= 15 is 0 Å². The molecule has 0 saturated carbocycles. The van der Waals surface area contributed by atoms with E-state index in [2.05, 4.69) is 4.99 Å². The van der Waals surface area contributed by atoms with Gasteiger partial charge in [0.2, 0.25) is 5.76 Å². The fourth-order valence-corrected chi connectivity index (χ4v) is 1.82. The first-order valence-electron chi connectivity index (χ1n) is 5.13. The van der Waals surface area contributed by atoms with E-state index < -0.39 is 0 Å². The smallest absolute Gasteiger partial charge is 0.211 e. The zero-order valence-electron chi connectivity index (χ0n) is 8.88. The fraction of sp³-hybridized carbons (Fsp3) is 0.0769. The molecule has 4 nitrogen and oxygen atoms in total. The van der Waals surface area contributed by atoms with Crippen LogP contribution in [0.2, 0.25) is 0 Å². The molecule has 0 N–H and O–H groups in total. The van der Waals surface area contributed by atoms with Crippen LogP contribution < -0.4 is 10.6 Å². The van der Waals surface area contributed by atoms with Crippen molar-refractivity contribution in [2.24, 2.45) is 4.99 Å². The van der Waals surface area contributed by atoms with Gasteiger partial charge in [0.15, 0.2) is 6.73 Å². The Hall–Kier alpha value is -2.54. The largest absolute Gasteiger partial charge is 0.478 e. The molecule has 0 saturated heterocycles. The van der Waals surface area contributed by atoms with E-state index in [0.717, 1.165) is 21.7 Å². The first kappa shape index (κ1) is 9.67. The normalized spacial score (nSPS) is 12.6. The van der Waals surface area contributed by atoms with Crippen molar-refractivity contribution in [1.29, 1.82) is 5.26 Å². The molecule has 0 fully saturated rings. The van der Waals surface area contributed by atoms with E-state index in [-0.39, 0.29) is 0 Å². The number of nitrogens with zero attached hydrogens (tertiary/aromatic N) is 2. The van der Waals surface area contributed by atoms with Crippen molar-refractivity contribution in [1.82, 2.24) is 0 Å². The van der Waals surface area contributed by atoms with Gasteiger partial charge in [0.25, 0.3) is 0 Å². The van der Waals surface area contributed by atoms with Crippen LogP contribution in [0.5, 0.6) is 0 Å². The van der Waals surface area contributed by atoms with Crippen LogP contribution in [0.25, 0.3) is 17.4 Å². The van der Waals surface area contributed by atoms with Crippen LogP contribution in [0.1, 0.15) is 5.76 Å². The number of hydrogen-bond donors (Lipinski definition) is 0. The molecule has 3 rings (SSSR count). The van der Waals surface area contributed by atoms with Gasteiger partial charge in [-0.3, -0.25) is 0 Å². The van der Waals surface area contributed by atoms with Gasteiger partial charge in [0, 0.05) is 10.8 Å². The lowest BCUT2D eigenvalue weighted by Gasteiger charge is -2.03. The van der Waals surface area contributed by atoms with Crippen molar-refractivity contribution in [3.05, 3.63) is 46.9 Å². The van der Waals surface area contributed by atoms with Crippen LogP contribution in [0.3, 0.4) is 0 Å². The lowest BCUT2D eigenvalue weighted by Crippen LogP contribution is -2.28. The summed E-state index contributed by atoms with van der Waals surface area (Å²) in [5.74, 6) is 0.318. The van der Waals surface area contributed by atoms with Gasteiger partial charge in [-0.25, -0.2) is 4.99 Å². The SMILES string of the molecule is N#Cc1occc1-c1ccc2c(c1)=COCN=2. The zero-order chi connectivity index (χ0) is 11.7. The molecule has 0 unspecified atom stereocenters. The number of furan rings is 1. The predicted molar refractivity (Wildman–Crippen MR) is 60.1 cm³/mol. The molecule has 1 aromatic carbocycles. The van der Waals surface area contributed by atoms with Crippen molar-refractivity contribution in [3.63, 3.8) is 0 Å². The molecule has 4 heteroatoms. The van der Waals surface area contributed by atoms with Crippen molar-refractivity contribution in [3.8, 4) is 17.2 Å². The summed E-state index contributed by atoms with van der Waals surface area (Å²) in [6.45, 7) is 0.363. The highest BCUT2D eigenvalue weighted by molar-refractivity contribution is 5.68. The Kier molecular flexibility index (Phi) is 2.16. The molecule has 0 amide bonds. The van der Waals surface area contributed by atoms with E-state index in [1.165, 1.54) is 6.26 Å². The van der Waals surface area contributed by atoms with Crippen molar-refractivity contribution < 1.29 is 9.15 Å². The standard InChI is InChI=1S/C13H8N2O2/c14-6-13-11(3-4-17-13)9-1-2-12-10(5-9)7-16-8-15-12/h1-5,7H,8H2. The number of nitriles is 1. The second-order valence-electron chi connectivity index (χ2n) is 3.62. The van der Waals surface area contributed by atoms with Gasteiger partial charge < -0.3 is 9.15 Å². The Bertz CT molecular complexity index is 723. The number of hydrogen-bond acceptors (Lipinski definition) is 4. The van der Waals surface area contributed by atoms with E-state index in [0.29, 0.717) is 12.5 Å². The maximum absolute atomic E-state index is 8.91. The van der Waals surface area contributed by atoms with Crippen molar-refractivity contribution >= 4 is 6.26 Å². The molecule has 2 heterocycles. The van der Waals surface area contributed by atoms with Crippen LogP contribution >= 0.6 is 0 Å². The summed E-state index contributed by atoms with van der Waals surface area (Å²) in [4.78, 5) is 4.22. The summed E-state index contributed by atoms with van der Waals surface area (Å²) in [5.41, 5.74) is 1.71. The Morgan fingerprint density at radius 2 is 2.24 bits per heavy atom. The molecular formula is C13H8N2O2. The van der Waals surface area contributed by atoms with Crippen LogP contribution in [0.4, 0.5) is 0 Å². The van der Waals surface area contributed by atoms with E-state index in [9.17, 15) is 0 Å².